The fourth-order valence-electron chi connectivity index (χ4n) is 1.30. The number of halogens is 1. The zero-order valence-corrected chi connectivity index (χ0v) is 10.3. The lowest BCUT2D eigenvalue weighted by molar-refractivity contribution is 0.474. The lowest BCUT2D eigenvalue weighted by atomic mass is 10.1. The molecule has 2 nitrogen and oxygen atoms in total. The SMILES string of the molecule is CC(=N)CCCc1cc(O)ccc1[131I]. The van der Waals surface area contributed by atoms with E-state index in [4.69, 9.17) is 5.41 Å². The molecular weight excluding hydrogens is 293 g/mol. The second-order valence-electron chi connectivity index (χ2n) is 3.41. The summed E-state index contributed by atoms with van der Waals surface area (Å²) in [7, 11) is 0. The minimum atomic E-state index is 0.326. The number of hydrogen-bond acceptors (Lipinski definition) is 2. The average molecular weight is 307 g/mol. The molecule has 0 unspecified atom stereocenters. The third-order valence-corrected chi connectivity index (χ3v) is 3.08. The molecule has 0 amide bonds. The molecule has 0 spiro atoms. The van der Waals surface area contributed by atoms with Crippen molar-refractivity contribution in [3.63, 3.8) is 0 Å². The summed E-state index contributed by atoms with van der Waals surface area (Å²) < 4.78 is 1.18. The number of phenolic OH excluding ortho intramolecular Hbond substituents is 1. The maximum Gasteiger partial charge on any atom is 0.115 e. The number of benzene rings is 1. The summed E-state index contributed by atoms with van der Waals surface area (Å²) in [5.74, 6) is 0.326. The first-order chi connectivity index (χ1) is 6.59. The first-order valence-electron chi connectivity index (χ1n) is 4.61. The van der Waals surface area contributed by atoms with Crippen LogP contribution in [-0.4, -0.2) is 10.8 Å². The molecule has 1 aromatic carbocycles. The largest absolute Gasteiger partial charge is 0.508 e. The molecule has 0 heterocycles. The third kappa shape index (κ3) is 3.65. The molecule has 0 aliphatic heterocycles. The average Bonchev–Trinajstić information content (AvgIpc) is 2.10. The fourth-order valence-corrected chi connectivity index (χ4v) is 1.90. The summed E-state index contributed by atoms with van der Waals surface area (Å²) >= 11 is 2.27. The van der Waals surface area contributed by atoms with Crippen molar-refractivity contribution in [1.82, 2.24) is 0 Å². The van der Waals surface area contributed by atoms with Crippen LogP contribution in [0, 0.1) is 8.98 Å². The first-order valence-corrected chi connectivity index (χ1v) is 5.69. The van der Waals surface area contributed by atoms with Crippen LogP contribution in [0.2, 0.25) is 0 Å². The van der Waals surface area contributed by atoms with Crippen LogP contribution in [0.1, 0.15) is 25.3 Å². The number of nitrogens with one attached hydrogen (secondary N) is 1. The summed E-state index contributed by atoms with van der Waals surface area (Å²) in [5, 5.41) is 16.6. The fraction of sp³-hybridized carbons (Fsp3) is 0.364. The lowest BCUT2D eigenvalue weighted by Crippen LogP contribution is -1.93. The Kier molecular flexibility index (Phi) is 4.38. The normalized spacial score (nSPS) is 10.1. The minimum Gasteiger partial charge on any atom is -0.508 e. The van der Waals surface area contributed by atoms with Gasteiger partial charge in [0.25, 0.3) is 0 Å². The summed E-state index contributed by atoms with van der Waals surface area (Å²) in [6.07, 6.45) is 2.75. The monoisotopic (exact) mass is 307 g/mol. The van der Waals surface area contributed by atoms with Gasteiger partial charge in [-0.3, -0.25) is 0 Å². The second kappa shape index (κ2) is 5.34. The lowest BCUT2D eigenvalue weighted by Gasteiger charge is -2.04. The molecule has 0 atom stereocenters. The molecule has 0 saturated carbocycles. The second-order valence-corrected chi connectivity index (χ2v) is 4.57. The highest BCUT2D eigenvalue weighted by Crippen LogP contribution is 2.20. The number of phenols is 1. The predicted molar refractivity (Wildman–Crippen MR) is 67.2 cm³/mol. The number of aromatic hydroxyl groups is 1. The van der Waals surface area contributed by atoms with Crippen molar-refractivity contribution in [3.05, 3.63) is 27.3 Å². The van der Waals surface area contributed by atoms with Gasteiger partial charge in [0.1, 0.15) is 5.75 Å². The Balaban J connectivity index is 2.57. The molecule has 0 aliphatic rings. The van der Waals surface area contributed by atoms with Gasteiger partial charge in [0, 0.05) is 9.28 Å². The number of aryl methyl sites for hydroxylation is 1. The highest BCUT2D eigenvalue weighted by molar-refractivity contribution is 14.1. The van der Waals surface area contributed by atoms with Crippen LogP contribution in [0.4, 0.5) is 0 Å². The van der Waals surface area contributed by atoms with E-state index in [2.05, 4.69) is 22.6 Å². The van der Waals surface area contributed by atoms with E-state index in [1.165, 1.54) is 9.13 Å². The zero-order chi connectivity index (χ0) is 10.6. The maximum atomic E-state index is 9.30. The maximum absolute atomic E-state index is 9.30. The van der Waals surface area contributed by atoms with Gasteiger partial charge in [0.2, 0.25) is 0 Å². The molecular formula is C11H14INO. The Morgan fingerprint density at radius 1 is 1.50 bits per heavy atom. The molecule has 1 aromatic rings. The molecule has 3 heteroatoms. The van der Waals surface area contributed by atoms with Gasteiger partial charge in [-0.15, -0.1) is 0 Å². The van der Waals surface area contributed by atoms with Crippen molar-refractivity contribution in [2.24, 2.45) is 0 Å². The van der Waals surface area contributed by atoms with E-state index in [-0.39, 0.29) is 0 Å². The van der Waals surface area contributed by atoms with Gasteiger partial charge in [-0.25, -0.2) is 0 Å². The van der Waals surface area contributed by atoms with Gasteiger partial charge in [-0.05, 0) is 72.5 Å². The van der Waals surface area contributed by atoms with Crippen LogP contribution in [-0.2, 0) is 6.42 Å². The van der Waals surface area contributed by atoms with Gasteiger partial charge in [-0.1, -0.05) is 0 Å². The highest BCUT2D eigenvalue weighted by Gasteiger charge is 2.01. The molecule has 1 rings (SSSR count). The Morgan fingerprint density at radius 3 is 2.86 bits per heavy atom. The summed E-state index contributed by atoms with van der Waals surface area (Å²) in [5.41, 5.74) is 1.90. The van der Waals surface area contributed by atoms with E-state index in [1.807, 2.05) is 13.0 Å². The highest BCUT2D eigenvalue weighted by atomic mass is 131. The van der Waals surface area contributed by atoms with Gasteiger partial charge in [-0.2, -0.15) is 0 Å². The van der Waals surface area contributed by atoms with Crippen molar-refractivity contribution in [1.29, 1.82) is 5.41 Å². The van der Waals surface area contributed by atoms with E-state index in [1.54, 1.807) is 12.1 Å². The Labute approximate surface area is 98.0 Å². The minimum absolute atomic E-state index is 0.326. The van der Waals surface area contributed by atoms with Crippen molar-refractivity contribution in [2.45, 2.75) is 26.2 Å². The van der Waals surface area contributed by atoms with Crippen molar-refractivity contribution < 1.29 is 5.11 Å². The van der Waals surface area contributed by atoms with Gasteiger partial charge in [0.15, 0.2) is 0 Å². The van der Waals surface area contributed by atoms with Crippen LogP contribution in [0.3, 0.4) is 0 Å². The standard InChI is InChI=1S/C11H14INO/c1-8(13)3-2-4-9-7-10(14)5-6-11(9)12/h5-7,13-14H,2-4H2,1H3/i12+4. The van der Waals surface area contributed by atoms with Crippen LogP contribution in [0.5, 0.6) is 5.75 Å². The molecule has 76 valence electrons. The van der Waals surface area contributed by atoms with Gasteiger partial charge >= 0.3 is 0 Å². The molecule has 0 radical (unpaired) electrons. The van der Waals surface area contributed by atoms with Crippen molar-refractivity contribution >= 4 is 28.3 Å². The quantitative estimate of drug-likeness (QED) is 0.650. The molecule has 0 aromatic heterocycles. The van der Waals surface area contributed by atoms with Crippen molar-refractivity contribution in [3.8, 4) is 5.75 Å². The Morgan fingerprint density at radius 2 is 2.21 bits per heavy atom. The number of rotatable bonds is 4. The van der Waals surface area contributed by atoms with Crippen molar-refractivity contribution in [2.75, 3.05) is 0 Å². The third-order valence-electron chi connectivity index (χ3n) is 2.03. The topological polar surface area (TPSA) is 44.1 Å². The molecule has 0 fully saturated rings. The predicted octanol–water partition coefficient (Wildman–Crippen LogP) is 3.36. The van der Waals surface area contributed by atoms with E-state index in [0.717, 1.165) is 25.0 Å². The van der Waals surface area contributed by atoms with Crippen LogP contribution in [0.15, 0.2) is 18.2 Å². The molecule has 0 bridgehead atoms. The van der Waals surface area contributed by atoms with Crippen LogP contribution < -0.4 is 0 Å². The number of hydrogen-bond donors (Lipinski definition) is 2. The smallest absolute Gasteiger partial charge is 0.115 e. The molecule has 14 heavy (non-hydrogen) atoms. The van der Waals surface area contributed by atoms with E-state index in [9.17, 15) is 5.11 Å². The summed E-state index contributed by atoms with van der Waals surface area (Å²) in [6.45, 7) is 1.83. The molecule has 0 saturated heterocycles. The van der Waals surface area contributed by atoms with Crippen LogP contribution in [0.25, 0.3) is 0 Å². The van der Waals surface area contributed by atoms with Gasteiger partial charge in [0.05, 0.1) is 0 Å². The summed E-state index contributed by atoms with van der Waals surface area (Å²) in [4.78, 5) is 0. The first kappa shape index (κ1) is 11.5. The summed E-state index contributed by atoms with van der Waals surface area (Å²) in [6, 6.07) is 5.43. The molecule has 2 N–H and O–H groups in total. The van der Waals surface area contributed by atoms with E-state index >= 15 is 0 Å². The Bertz CT molecular complexity index is 336. The molecule has 0 aliphatic carbocycles. The zero-order valence-electron chi connectivity index (χ0n) is 8.18. The van der Waals surface area contributed by atoms with Crippen LogP contribution >= 0.6 is 22.6 Å². The van der Waals surface area contributed by atoms with E-state index in [0.29, 0.717) is 5.75 Å². The Hall–Kier alpha value is -0.580. The van der Waals surface area contributed by atoms with E-state index < -0.39 is 0 Å². The van der Waals surface area contributed by atoms with Gasteiger partial charge < -0.3 is 10.5 Å².